The van der Waals surface area contributed by atoms with Crippen molar-refractivity contribution in [1.82, 2.24) is 24.8 Å². The van der Waals surface area contributed by atoms with Crippen LogP contribution in [-0.2, 0) is 17.9 Å². The lowest BCUT2D eigenvalue weighted by Crippen LogP contribution is -2.32. The first-order valence-corrected chi connectivity index (χ1v) is 8.81. The molecule has 0 atom stereocenters. The molecular formula is C18H13Cl2N5O2. The highest BCUT2D eigenvalue weighted by Crippen LogP contribution is 2.17. The van der Waals surface area contributed by atoms with Gasteiger partial charge in [-0.25, -0.2) is 9.97 Å². The molecule has 1 amide bonds. The first-order chi connectivity index (χ1) is 13.0. The third-order valence-corrected chi connectivity index (χ3v) is 4.53. The number of rotatable bonds is 4. The number of hydrogen-bond donors (Lipinski definition) is 2. The average molecular weight is 402 g/mol. The summed E-state index contributed by atoms with van der Waals surface area (Å²) in [7, 11) is 0. The zero-order valence-electron chi connectivity index (χ0n) is 13.9. The second kappa shape index (κ2) is 7.02. The van der Waals surface area contributed by atoms with Gasteiger partial charge < -0.3 is 10.3 Å². The molecule has 0 bridgehead atoms. The number of H-pyrrole nitrogens is 1. The number of imidazole rings is 1. The average Bonchev–Trinajstić information content (AvgIpc) is 3.04. The van der Waals surface area contributed by atoms with Gasteiger partial charge in [-0.1, -0.05) is 23.2 Å². The molecule has 0 fully saturated rings. The summed E-state index contributed by atoms with van der Waals surface area (Å²) in [6, 6.07) is 10.3. The van der Waals surface area contributed by atoms with Crippen LogP contribution in [0.3, 0.4) is 0 Å². The summed E-state index contributed by atoms with van der Waals surface area (Å²) in [4.78, 5) is 36.1. The SMILES string of the molecule is O=C(Cn1c(=O)cnc2ccc(Cl)cc21)NCc1nc2cc(Cl)ccc2[nH]1. The van der Waals surface area contributed by atoms with E-state index in [1.165, 1.54) is 10.8 Å². The monoisotopic (exact) mass is 401 g/mol. The van der Waals surface area contributed by atoms with Crippen molar-refractivity contribution in [3.8, 4) is 0 Å². The van der Waals surface area contributed by atoms with E-state index < -0.39 is 0 Å². The Kier molecular flexibility index (Phi) is 4.55. The Morgan fingerprint density at radius 3 is 2.74 bits per heavy atom. The minimum Gasteiger partial charge on any atom is -0.347 e. The fourth-order valence-corrected chi connectivity index (χ4v) is 3.13. The smallest absolute Gasteiger partial charge is 0.269 e. The van der Waals surface area contributed by atoms with E-state index in [9.17, 15) is 9.59 Å². The number of carbonyl (C=O) groups is 1. The number of nitrogens with zero attached hydrogens (tertiary/aromatic N) is 3. The molecule has 0 unspecified atom stereocenters. The van der Waals surface area contributed by atoms with Gasteiger partial charge in [0.25, 0.3) is 5.56 Å². The predicted octanol–water partition coefficient (Wildman–Crippen LogP) is 2.90. The number of benzene rings is 2. The van der Waals surface area contributed by atoms with Gasteiger partial charge in [0.05, 0.1) is 34.8 Å². The molecule has 2 N–H and O–H groups in total. The lowest BCUT2D eigenvalue weighted by Gasteiger charge is -2.09. The summed E-state index contributed by atoms with van der Waals surface area (Å²) in [5.41, 5.74) is 2.26. The van der Waals surface area contributed by atoms with Crippen LogP contribution in [0.5, 0.6) is 0 Å². The molecule has 9 heteroatoms. The Bertz CT molecular complexity index is 1230. The van der Waals surface area contributed by atoms with E-state index in [1.54, 1.807) is 30.3 Å². The Morgan fingerprint density at radius 2 is 1.89 bits per heavy atom. The first-order valence-electron chi connectivity index (χ1n) is 8.05. The van der Waals surface area contributed by atoms with Crippen molar-refractivity contribution in [2.75, 3.05) is 0 Å². The molecule has 0 spiro atoms. The molecule has 136 valence electrons. The molecule has 0 saturated heterocycles. The van der Waals surface area contributed by atoms with Crippen LogP contribution in [0.2, 0.25) is 10.0 Å². The molecule has 0 aliphatic rings. The molecule has 0 aliphatic carbocycles. The van der Waals surface area contributed by atoms with Crippen LogP contribution in [-0.4, -0.2) is 25.4 Å². The fourth-order valence-electron chi connectivity index (χ4n) is 2.80. The maximum atomic E-state index is 12.3. The van der Waals surface area contributed by atoms with Crippen molar-refractivity contribution in [3.05, 3.63) is 68.8 Å². The summed E-state index contributed by atoms with van der Waals surface area (Å²) < 4.78 is 1.34. The lowest BCUT2D eigenvalue weighted by molar-refractivity contribution is -0.121. The summed E-state index contributed by atoms with van der Waals surface area (Å²) in [6.45, 7) is 0.0495. The van der Waals surface area contributed by atoms with Crippen molar-refractivity contribution in [3.63, 3.8) is 0 Å². The van der Waals surface area contributed by atoms with Gasteiger partial charge in [0, 0.05) is 10.0 Å². The molecule has 2 aromatic carbocycles. The molecule has 2 heterocycles. The number of fused-ring (bicyclic) bond motifs is 2. The van der Waals surface area contributed by atoms with Gasteiger partial charge in [0.1, 0.15) is 12.4 Å². The summed E-state index contributed by atoms with van der Waals surface area (Å²) in [5, 5.41) is 3.80. The number of amides is 1. The lowest BCUT2D eigenvalue weighted by atomic mass is 10.3. The van der Waals surface area contributed by atoms with Crippen molar-refractivity contribution >= 4 is 51.2 Å². The topological polar surface area (TPSA) is 92.7 Å². The van der Waals surface area contributed by atoms with E-state index in [0.29, 0.717) is 26.9 Å². The van der Waals surface area contributed by atoms with Crippen LogP contribution >= 0.6 is 23.2 Å². The zero-order valence-corrected chi connectivity index (χ0v) is 15.4. The van der Waals surface area contributed by atoms with Crippen molar-refractivity contribution in [1.29, 1.82) is 0 Å². The van der Waals surface area contributed by atoms with E-state index in [4.69, 9.17) is 23.2 Å². The highest BCUT2D eigenvalue weighted by Gasteiger charge is 2.11. The van der Waals surface area contributed by atoms with E-state index in [-0.39, 0.29) is 24.6 Å². The van der Waals surface area contributed by atoms with Crippen LogP contribution in [0, 0.1) is 0 Å². The van der Waals surface area contributed by atoms with E-state index in [2.05, 4.69) is 20.3 Å². The van der Waals surface area contributed by atoms with Crippen LogP contribution in [0.25, 0.3) is 22.1 Å². The number of hydrogen-bond acceptors (Lipinski definition) is 4. The van der Waals surface area contributed by atoms with Gasteiger partial charge in [0.2, 0.25) is 5.91 Å². The first kappa shape index (κ1) is 17.5. The van der Waals surface area contributed by atoms with Crippen LogP contribution < -0.4 is 10.9 Å². The van der Waals surface area contributed by atoms with E-state index >= 15 is 0 Å². The number of halogens is 2. The fraction of sp³-hybridized carbons (Fsp3) is 0.111. The van der Waals surface area contributed by atoms with Gasteiger partial charge in [-0.3, -0.25) is 14.2 Å². The van der Waals surface area contributed by atoms with Crippen molar-refractivity contribution < 1.29 is 4.79 Å². The molecule has 4 aromatic rings. The predicted molar refractivity (Wildman–Crippen MR) is 104 cm³/mol. The van der Waals surface area contributed by atoms with Gasteiger partial charge >= 0.3 is 0 Å². The zero-order chi connectivity index (χ0) is 19.0. The maximum absolute atomic E-state index is 12.3. The van der Waals surface area contributed by atoms with Crippen LogP contribution in [0.15, 0.2) is 47.4 Å². The molecule has 4 rings (SSSR count). The number of aromatic amines is 1. The Balaban J connectivity index is 1.52. The normalized spacial score (nSPS) is 11.2. The minimum absolute atomic E-state index is 0.149. The molecule has 0 saturated carbocycles. The van der Waals surface area contributed by atoms with Gasteiger partial charge in [-0.2, -0.15) is 0 Å². The van der Waals surface area contributed by atoms with Crippen LogP contribution in [0.4, 0.5) is 0 Å². The summed E-state index contributed by atoms with van der Waals surface area (Å²) in [5.74, 6) is 0.263. The third-order valence-electron chi connectivity index (χ3n) is 4.06. The molecular weight excluding hydrogens is 389 g/mol. The van der Waals surface area contributed by atoms with Crippen molar-refractivity contribution in [2.45, 2.75) is 13.1 Å². The highest BCUT2D eigenvalue weighted by molar-refractivity contribution is 6.31. The third kappa shape index (κ3) is 3.65. The minimum atomic E-state index is -0.377. The van der Waals surface area contributed by atoms with E-state index in [0.717, 1.165) is 11.0 Å². The van der Waals surface area contributed by atoms with Gasteiger partial charge in [-0.15, -0.1) is 0 Å². The second-order valence-corrected chi connectivity index (χ2v) is 6.81. The van der Waals surface area contributed by atoms with Crippen molar-refractivity contribution in [2.24, 2.45) is 0 Å². The number of nitrogens with one attached hydrogen (secondary N) is 2. The van der Waals surface area contributed by atoms with E-state index in [1.807, 2.05) is 6.07 Å². The molecule has 2 aromatic heterocycles. The maximum Gasteiger partial charge on any atom is 0.269 e. The number of aromatic nitrogens is 4. The largest absolute Gasteiger partial charge is 0.347 e. The molecule has 0 radical (unpaired) electrons. The molecule has 7 nitrogen and oxygen atoms in total. The Morgan fingerprint density at radius 1 is 1.11 bits per heavy atom. The highest BCUT2D eigenvalue weighted by atomic mass is 35.5. The number of carbonyl (C=O) groups excluding carboxylic acids is 1. The molecule has 27 heavy (non-hydrogen) atoms. The van der Waals surface area contributed by atoms with Gasteiger partial charge in [-0.05, 0) is 36.4 Å². The molecule has 0 aliphatic heterocycles. The Hall–Kier alpha value is -2.90. The Labute approximate surface area is 163 Å². The standard InChI is InChI=1S/C18H13Cl2N5O2/c19-10-1-3-12-14(5-10)24-16(23-12)7-22-17(26)9-25-15-6-11(20)2-4-13(15)21-8-18(25)27/h1-6,8H,7,9H2,(H,22,26)(H,23,24). The quantitative estimate of drug-likeness (QED) is 0.549. The summed E-state index contributed by atoms with van der Waals surface area (Å²) >= 11 is 12.0. The summed E-state index contributed by atoms with van der Waals surface area (Å²) in [6.07, 6.45) is 1.19. The van der Waals surface area contributed by atoms with Crippen LogP contribution in [0.1, 0.15) is 5.82 Å². The van der Waals surface area contributed by atoms with Gasteiger partial charge in [0.15, 0.2) is 0 Å². The second-order valence-electron chi connectivity index (χ2n) is 5.94.